The van der Waals surface area contributed by atoms with E-state index in [-0.39, 0.29) is 0 Å². The number of guanidine groups is 1. The van der Waals surface area contributed by atoms with E-state index in [1.165, 1.54) is 25.1 Å². The molecule has 0 saturated carbocycles. The molecule has 0 aromatic carbocycles. The fourth-order valence-electron chi connectivity index (χ4n) is 4.01. The zero-order valence-electron chi connectivity index (χ0n) is 17.3. The summed E-state index contributed by atoms with van der Waals surface area (Å²) in [7, 11) is 1.82. The van der Waals surface area contributed by atoms with E-state index in [1.807, 2.05) is 7.05 Å². The standard InChI is InChI=1S/C20H37N5O/c1-6-18-17(19(7-2)26-24-18)12-23-20(21-5)22-9-8-10-25-13-15(3)11-16(4)14-25/h15-16H,6-14H2,1-5H3,(H2,21,22,23). The molecule has 1 aromatic rings. The molecule has 0 radical (unpaired) electrons. The number of likely N-dealkylation sites (tertiary alicyclic amines) is 1. The van der Waals surface area contributed by atoms with Gasteiger partial charge in [0.25, 0.3) is 0 Å². The first kappa shape index (κ1) is 20.7. The number of hydrogen-bond donors (Lipinski definition) is 2. The minimum absolute atomic E-state index is 0.705. The zero-order chi connectivity index (χ0) is 18.9. The summed E-state index contributed by atoms with van der Waals surface area (Å²) in [6, 6.07) is 0. The van der Waals surface area contributed by atoms with E-state index in [2.05, 4.69) is 53.4 Å². The molecule has 26 heavy (non-hydrogen) atoms. The Balaban J connectivity index is 1.72. The van der Waals surface area contributed by atoms with Gasteiger partial charge in [-0.1, -0.05) is 32.9 Å². The first-order valence-corrected chi connectivity index (χ1v) is 10.2. The SMILES string of the molecule is CCc1noc(CC)c1CNC(=NC)NCCCN1CC(C)CC(C)C1. The van der Waals surface area contributed by atoms with E-state index in [4.69, 9.17) is 4.52 Å². The van der Waals surface area contributed by atoms with Gasteiger partial charge in [-0.05, 0) is 37.6 Å². The maximum absolute atomic E-state index is 5.43. The fourth-order valence-corrected chi connectivity index (χ4v) is 4.01. The van der Waals surface area contributed by atoms with Crippen LogP contribution in [0.1, 0.15) is 57.6 Å². The summed E-state index contributed by atoms with van der Waals surface area (Å²) < 4.78 is 5.43. The van der Waals surface area contributed by atoms with Crippen molar-refractivity contribution in [2.45, 2.75) is 59.9 Å². The van der Waals surface area contributed by atoms with Gasteiger partial charge < -0.3 is 20.1 Å². The lowest BCUT2D eigenvalue weighted by molar-refractivity contribution is 0.140. The van der Waals surface area contributed by atoms with E-state index >= 15 is 0 Å². The molecular formula is C20H37N5O. The van der Waals surface area contributed by atoms with Gasteiger partial charge in [0, 0.05) is 45.2 Å². The van der Waals surface area contributed by atoms with E-state index in [9.17, 15) is 0 Å². The Labute approximate surface area is 158 Å². The number of nitrogens with one attached hydrogen (secondary N) is 2. The Kier molecular flexibility index (Phi) is 8.42. The summed E-state index contributed by atoms with van der Waals surface area (Å²) in [5.41, 5.74) is 2.22. The van der Waals surface area contributed by atoms with Gasteiger partial charge in [-0.2, -0.15) is 0 Å². The van der Waals surface area contributed by atoms with Crippen LogP contribution in [0.3, 0.4) is 0 Å². The summed E-state index contributed by atoms with van der Waals surface area (Å²) in [5, 5.41) is 11.0. The second kappa shape index (κ2) is 10.6. The van der Waals surface area contributed by atoms with Gasteiger partial charge in [0.05, 0.1) is 5.69 Å². The summed E-state index contributed by atoms with van der Waals surface area (Å²) in [6.07, 6.45) is 4.25. The Hall–Kier alpha value is -1.56. The number of aromatic nitrogens is 1. The molecule has 6 nitrogen and oxygen atoms in total. The van der Waals surface area contributed by atoms with Crippen LogP contribution < -0.4 is 10.6 Å². The number of nitrogens with zero attached hydrogens (tertiary/aromatic N) is 3. The Morgan fingerprint density at radius 2 is 1.92 bits per heavy atom. The predicted octanol–water partition coefficient (Wildman–Crippen LogP) is 2.83. The number of rotatable bonds is 8. The van der Waals surface area contributed by atoms with Crippen LogP contribution in [0.15, 0.2) is 9.52 Å². The highest BCUT2D eigenvalue weighted by Crippen LogP contribution is 2.20. The summed E-state index contributed by atoms with van der Waals surface area (Å²) in [4.78, 5) is 6.94. The molecule has 1 aliphatic heterocycles. The highest BCUT2D eigenvalue weighted by Gasteiger charge is 2.21. The van der Waals surface area contributed by atoms with E-state index in [0.29, 0.717) is 6.54 Å². The molecule has 0 aliphatic carbocycles. The van der Waals surface area contributed by atoms with Crippen molar-refractivity contribution in [3.8, 4) is 0 Å². The van der Waals surface area contributed by atoms with Gasteiger partial charge in [-0.25, -0.2) is 0 Å². The fraction of sp³-hybridized carbons (Fsp3) is 0.800. The quantitative estimate of drug-likeness (QED) is 0.422. The molecule has 1 fully saturated rings. The van der Waals surface area contributed by atoms with Crippen LogP contribution in [0.5, 0.6) is 0 Å². The minimum Gasteiger partial charge on any atom is -0.361 e. The van der Waals surface area contributed by atoms with Crippen LogP contribution in [0.2, 0.25) is 0 Å². The van der Waals surface area contributed by atoms with Gasteiger partial charge in [-0.15, -0.1) is 0 Å². The third-order valence-electron chi connectivity index (χ3n) is 5.15. The second-order valence-corrected chi connectivity index (χ2v) is 7.65. The van der Waals surface area contributed by atoms with Crippen LogP contribution in [0.4, 0.5) is 0 Å². The number of piperidine rings is 1. The lowest BCUT2D eigenvalue weighted by Crippen LogP contribution is -2.41. The van der Waals surface area contributed by atoms with Gasteiger partial charge >= 0.3 is 0 Å². The second-order valence-electron chi connectivity index (χ2n) is 7.65. The Bertz CT molecular complexity index is 537. The molecule has 0 spiro atoms. The molecule has 1 aromatic heterocycles. The average molecular weight is 364 g/mol. The van der Waals surface area contributed by atoms with Crippen LogP contribution in [-0.2, 0) is 19.4 Å². The van der Waals surface area contributed by atoms with Crippen LogP contribution in [0.25, 0.3) is 0 Å². The van der Waals surface area contributed by atoms with Crippen LogP contribution in [-0.4, -0.2) is 49.2 Å². The first-order chi connectivity index (χ1) is 12.6. The van der Waals surface area contributed by atoms with Crippen molar-refractivity contribution in [2.75, 3.05) is 33.2 Å². The third-order valence-corrected chi connectivity index (χ3v) is 5.15. The van der Waals surface area contributed by atoms with Gasteiger partial charge in [-0.3, -0.25) is 4.99 Å². The molecule has 2 heterocycles. The van der Waals surface area contributed by atoms with Crippen molar-refractivity contribution in [1.29, 1.82) is 0 Å². The third kappa shape index (κ3) is 6.01. The normalized spacial score (nSPS) is 21.8. The van der Waals surface area contributed by atoms with Crippen LogP contribution >= 0.6 is 0 Å². The summed E-state index contributed by atoms with van der Waals surface area (Å²) in [5.74, 6) is 3.46. The molecule has 1 saturated heterocycles. The van der Waals surface area contributed by atoms with Crippen molar-refractivity contribution in [2.24, 2.45) is 16.8 Å². The predicted molar refractivity (Wildman–Crippen MR) is 107 cm³/mol. The Morgan fingerprint density at radius 1 is 1.19 bits per heavy atom. The zero-order valence-corrected chi connectivity index (χ0v) is 17.3. The lowest BCUT2D eigenvalue weighted by Gasteiger charge is -2.35. The van der Waals surface area contributed by atoms with E-state index in [1.54, 1.807) is 0 Å². The van der Waals surface area contributed by atoms with Gasteiger partial charge in [0.1, 0.15) is 5.76 Å². The maximum atomic E-state index is 5.43. The van der Waals surface area contributed by atoms with Crippen molar-refractivity contribution >= 4 is 5.96 Å². The minimum atomic E-state index is 0.705. The molecule has 1 aliphatic rings. The molecule has 2 rings (SSSR count). The molecular weight excluding hydrogens is 326 g/mol. The van der Waals surface area contributed by atoms with Crippen molar-refractivity contribution in [1.82, 2.24) is 20.7 Å². The van der Waals surface area contributed by atoms with Crippen LogP contribution in [0, 0.1) is 11.8 Å². The lowest BCUT2D eigenvalue weighted by atomic mass is 9.92. The average Bonchev–Trinajstić information content (AvgIpc) is 3.02. The number of aliphatic imine (C=N–C) groups is 1. The van der Waals surface area contributed by atoms with Crippen molar-refractivity contribution in [3.05, 3.63) is 17.0 Å². The molecule has 2 N–H and O–H groups in total. The number of hydrogen-bond acceptors (Lipinski definition) is 4. The topological polar surface area (TPSA) is 65.7 Å². The van der Waals surface area contributed by atoms with Crippen molar-refractivity contribution < 1.29 is 4.52 Å². The van der Waals surface area contributed by atoms with Gasteiger partial charge in [0.2, 0.25) is 0 Å². The molecule has 148 valence electrons. The van der Waals surface area contributed by atoms with Gasteiger partial charge in [0.15, 0.2) is 5.96 Å². The van der Waals surface area contributed by atoms with Crippen molar-refractivity contribution in [3.63, 3.8) is 0 Å². The van der Waals surface area contributed by atoms with E-state index in [0.717, 1.165) is 61.6 Å². The number of aryl methyl sites for hydroxylation is 2. The highest BCUT2D eigenvalue weighted by molar-refractivity contribution is 5.79. The first-order valence-electron chi connectivity index (χ1n) is 10.2. The molecule has 0 amide bonds. The Morgan fingerprint density at radius 3 is 2.54 bits per heavy atom. The molecule has 2 unspecified atom stereocenters. The smallest absolute Gasteiger partial charge is 0.191 e. The molecule has 6 heteroatoms. The summed E-state index contributed by atoms with van der Waals surface area (Å²) >= 11 is 0. The maximum Gasteiger partial charge on any atom is 0.191 e. The summed E-state index contributed by atoms with van der Waals surface area (Å²) in [6.45, 7) is 14.2. The monoisotopic (exact) mass is 363 g/mol. The molecule has 2 atom stereocenters. The highest BCUT2D eigenvalue weighted by atomic mass is 16.5. The molecule has 0 bridgehead atoms. The largest absolute Gasteiger partial charge is 0.361 e. The van der Waals surface area contributed by atoms with E-state index < -0.39 is 0 Å².